The molecule has 1 amide bonds. The van der Waals surface area contributed by atoms with Gasteiger partial charge in [-0.25, -0.2) is 14.4 Å². The summed E-state index contributed by atoms with van der Waals surface area (Å²) < 4.78 is 13.5. The summed E-state index contributed by atoms with van der Waals surface area (Å²) in [7, 11) is 0. The fraction of sp³-hybridized carbons (Fsp3) is 0.357. The van der Waals surface area contributed by atoms with Crippen molar-refractivity contribution in [3.05, 3.63) is 30.3 Å². The summed E-state index contributed by atoms with van der Waals surface area (Å²) in [5.41, 5.74) is 0.674. The number of fused-ring (bicyclic) bond motifs is 1. The lowest BCUT2D eigenvalue weighted by Crippen LogP contribution is -2.42. The molecule has 104 valence electrons. The first-order valence-electron chi connectivity index (χ1n) is 6.61. The number of amides is 1. The van der Waals surface area contributed by atoms with Crippen molar-refractivity contribution in [3.63, 3.8) is 0 Å². The zero-order valence-corrected chi connectivity index (χ0v) is 11.1. The molecule has 20 heavy (non-hydrogen) atoms. The summed E-state index contributed by atoms with van der Waals surface area (Å²) in [4.78, 5) is 22.2. The Kier molecular flexibility index (Phi) is 3.22. The van der Waals surface area contributed by atoms with E-state index in [4.69, 9.17) is 0 Å². The third kappa shape index (κ3) is 2.17. The molecular formula is C14H15FN4O. The zero-order chi connectivity index (χ0) is 14.1. The molecule has 0 saturated carbocycles. The third-order valence-corrected chi connectivity index (χ3v) is 3.57. The molecule has 5 nitrogen and oxygen atoms in total. The van der Waals surface area contributed by atoms with Crippen LogP contribution in [0.4, 0.5) is 10.2 Å². The van der Waals surface area contributed by atoms with Crippen molar-refractivity contribution < 1.29 is 9.18 Å². The standard InChI is InChI=1S/C14H15FN4O/c1-9-14(20)16-5-2-6-19(9)13-11-7-10(15)3-4-12(11)17-8-18-13/h3-4,7-9H,2,5-6H2,1H3,(H,16,20). The Hall–Kier alpha value is -2.24. The van der Waals surface area contributed by atoms with Crippen molar-refractivity contribution in [3.8, 4) is 0 Å². The molecule has 3 rings (SSSR count). The fourth-order valence-corrected chi connectivity index (χ4v) is 2.48. The number of nitrogens with one attached hydrogen (secondary N) is 1. The van der Waals surface area contributed by atoms with Gasteiger partial charge in [0, 0.05) is 18.5 Å². The first-order valence-corrected chi connectivity index (χ1v) is 6.61. The van der Waals surface area contributed by atoms with Crippen molar-refractivity contribution in [2.75, 3.05) is 18.0 Å². The Bertz CT molecular complexity index is 661. The van der Waals surface area contributed by atoms with E-state index in [0.29, 0.717) is 29.8 Å². The van der Waals surface area contributed by atoms with Crippen LogP contribution >= 0.6 is 0 Å². The number of aromatic nitrogens is 2. The summed E-state index contributed by atoms with van der Waals surface area (Å²) in [5, 5.41) is 3.49. The van der Waals surface area contributed by atoms with Crippen molar-refractivity contribution in [1.82, 2.24) is 15.3 Å². The number of halogens is 1. The van der Waals surface area contributed by atoms with Crippen molar-refractivity contribution in [2.45, 2.75) is 19.4 Å². The predicted octanol–water partition coefficient (Wildman–Crippen LogP) is 1.48. The van der Waals surface area contributed by atoms with Gasteiger partial charge >= 0.3 is 0 Å². The monoisotopic (exact) mass is 274 g/mol. The van der Waals surface area contributed by atoms with Crippen LogP contribution in [-0.4, -0.2) is 35.0 Å². The molecule has 1 aliphatic rings. The SMILES string of the molecule is CC1C(=O)NCCCN1c1ncnc2ccc(F)cc12. The number of carbonyl (C=O) groups is 1. The predicted molar refractivity (Wildman–Crippen MR) is 73.9 cm³/mol. The molecule has 1 aromatic heterocycles. The number of anilines is 1. The summed E-state index contributed by atoms with van der Waals surface area (Å²) in [6, 6.07) is 4.08. The lowest BCUT2D eigenvalue weighted by molar-refractivity contribution is -0.121. The number of hydrogen-bond donors (Lipinski definition) is 1. The maximum Gasteiger partial charge on any atom is 0.242 e. The second kappa shape index (κ2) is 5.03. The molecular weight excluding hydrogens is 259 g/mol. The van der Waals surface area contributed by atoms with Crippen LogP contribution in [0.5, 0.6) is 0 Å². The van der Waals surface area contributed by atoms with Gasteiger partial charge in [-0.05, 0) is 31.5 Å². The normalized spacial score (nSPS) is 19.8. The first-order chi connectivity index (χ1) is 9.66. The zero-order valence-electron chi connectivity index (χ0n) is 11.1. The molecule has 1 aromatic carbocycles. The maximum atomic E-state index is 13.5. The Morgan fingerprint density at radius 1 is 1.40 bits per heavy atom. The highest BCUT2D eigenvalue weighted by molar-refractivity contribution is 5.92. The molecule has 1 atom stereocenters. The second-order valence-corrected chi connectivity index (χ2v) is 4.87. The summed E-state index contributed by atoms with van der Waals surface area (Å²) in [5.74, 6) is 0.241. The Morgan fingerprint density at radius 2 is 2.25 bits per heavy atom. The Balaban J connectivity index is 2.12. The van der Waals surface area contributed by atoms with Gasteiger partial charge < -0.3 is 10.2 Å². The third-order valence-electron chi connectivity index (χ3n) is 3.57. The van der Waals surface area contributed by atoms with Crippen LogP contribution in [0.2, 0.25) is 0 Å². The highest BCUT2D eigenvalue weighted by Crippen LogP contribution is 2.26. The van der Waals surface area contributed by atoms with E-state index in [9.17, 15) is 9.18 Å². The Morgan fingerprint density at radius 3 is 3.10 bits per heavy atom. The lowest BCUT2D eigenvalue weighted by Gasteiger charge is -2.27. The molecule has 0 aliphatic carbocycles. The smallest absolute Gasteiger partial charge is 0.242 e. The topological polar surface area (TPSA) is 58.1 Å². The second-order valence-electron chi connectivity index (χ2n) is 4.87. The first kappa shape index (κ1) is 12.8. The van der Waals surface area contributed by atoms with Crippen molar-refractivity contribution in [2.24, 2.45) is 0 Å². The molecule has 1 unspecified atom stereocenters. The quantitative estimate of drug-likeness (QED) is 0.856. The number of hydrogen-bond acceptors (Lipinski definition) is 4. The molecule has 0 bridgehead atoms. The largest absolute Gasteiger partial charge is 0.354 e. The average molecular weight is 274 g/mol. The average Bonchev–Trinajstić information content (AvgIpc) is 2.61. The molecule has 1 aliphatic heterocycles. The summed E-state index contributed by atoms with van der Waals surface area (Å²) >= 11 is 0. The van der Waals surface area contributed by atoms with E-state index in [1.807, 2.05) is 11.8 Å². The maximum absolute atomic E-state index is 13.5. The van der Waals surface area contributed by atoms with Crippen molar-refractivity contribution in [1.29, 1.82) is 0 Å². The van der Waals surface area contributed by atoms with Gasteiger partial charge in [0.1, 0.15) is 24.0 Å². The molecule has 6 heteroatoms. The van der Waals surface area contributed by atoms with Gasteiger partial charge in [-0.2, -0.15) is 0 Å². The van der Waals surface area contributed by atoms with E-state index in [1.54, 1.807) is 6.07 Å². The van der Waals surface area contributed by atoms with E-state index in [2.05, 4.69) is 15.3 Å². The number of rotatable bonds is 1. The van der Waals surface area contributed by atoms with Crippen LogP contribution in [0.1, 0.15) is 13.3 Å². The molecule has 0 radical (unpaired) electrons. The minimum Gasteiger partial charge on any atom is -0.354 e. The molecule has 2 heterocycles. The fourth-order valence-electron chi connectivity index (χ4n) is 2.48. The van der Waals surface area contributed by atoms with E-state index < -0.39 is 0 Å². The van der Waals surface area contributed by atoms with Gasteiger partial charge in [0.05, 0.1) is 5.52 Å². The summed E-state index contributed by atoms with van der Waals surface area (Å²) in [6.07, 6.45) is 2.28. The molecule has 2 aromatic rings. The van der Waals surface area contributed by atoms with Gasteiger partial charge in [-0.3, -0.25) is 4.79 Å². The highest BCUT2D eigenvalue weighted by atomic mass is 19.1. The van der Waals surface area contributed by atoms with Gasteiger partial charge in [-0.15, -0.1) is 0 Å². The Labute approximate surface area is 115 Å². The van der Waals surface area contributed by atoms with Crippen LogP contribution in [0.25, 0.3) is 10.9 Å². The van der Waals surface area contributed by atoms with E-state index in [0.717, 1.165) is 6.42 Å². The number of nitrogens with zero attached hydrogens (tertiary/aromatic N) is 3. The van der Waals surface area contributed by atoms with E-state index in [1.165, 1.54) is 18.5 Å². The van der Waals surface area contributed by atoms with Crippen LogP contribution in [0.15, 0.2) is 24.5 Å². The molecule has 1 N–H and O–H groups in total. The highest BCUT2D eigenvalue weighted by Gasteiger charge is 2.26. The van der Waals surface area contributed by atoms with Crippen LogP contribution in [0.3, 0.4) is 0 Å². The molecule has 1 fully saturated rings. The van der Waals surface area contributed by atoms with Gasteiger partial charge in [-0.1, -0.05) is 0 Å². The lowest BCUT2D eigenvalue weighted by atomic mass is 10.2. The van der Waals surface area contributed by atoms with Crippen LogP contribution in [0, 0.1) is 5.82 Å². The van der Waals surface area contributed by atoms with Gasteiger partial charge in [0.2, 0.25) is 5.91 Å². The van der Waals surface area contributed by atoms with E-state index >= 15 is 0 Å². The number of carbonyl (C=O) groups excluding carboxylic acids is 1. The molecule has 1 saturated heterocycles. The van der Waals surface area contributed by atoms with Gasteiger partial charge in [0.25, 0.3) is 0 Å². The van der Waals surface area contributed by atoms with Crippen molar-refractivity contribution >= 4 is 22.6 Å². The number of benzene rings is 1. The van der Waals surface area contributed by atoms with E-state index in [-0.39, 0.29) is 17.8 Å². The minimum absolute atomic E-state index is 0.0364. The minimum atomic E-state index is -0.334. The van der Waals surface area contributed by atoms with Crippen LogP contribution in [-0.2, 0) is 4.79 Å². The summed E-state index contributed by atoms with van der Waals surface area (Å²) in [6.45, 7) is 3.17. The van der Waals surface area contributed by atoms with Gasteiger partial charge in [0.15, 0.2) is 0 Å². The molecule has 0 spiro atoms. The van der Waals surface area contributed by atoms with Crippen LogP contribution < -0.4 is 10.2 Å².